The Kier molecular flexibility index (Phi) is 3.88. The third-order valence-electron chi connectivity index (χ3n) is 3.71. The molecule has 98 valence electrons. The largest absolute Gasteiger partial charge is 0.396 e. The fourth-order valence-corrected chi connectivity index (χ4v) is 2.52. The van der Waals surface area contributed by atoms with Gasteiger partial charge in [-0.1, -0.05) is 24.9 Å². The molecule has 0 bridgehead atoms. The van der Waals surface area contributed by atoms with Crippen molar-refractivity contribution < 1.29 is 9.90 Å². The minimum atomic E-state index is -0.220. The van der Waals surface area contributed by atoms with Gasteiger partial charge in [-0.25, -0.2) is 4.98 Å². The van der Waals surface area contributed by atoms with E-state index in [1.54, 1.807) is 12.1 Å². The fourth-order valence-electron chi connectivity index (χ4n) is 2.41. The Balaban J connectivity index is 2.05. The zero-order valence-corrected chi connectivity index (χ0v) is 11.1. The standard InChI is InChI=1S/C13H17ClN2O2/c1-13(8-17)6-2-3-11(13)16-12(18)10-5-4-9(14)7-15-10/h4-5,7,11,17H,2-3,6,8H2,1H3,(H,16,18). The van der Waals surface area contributed by atoms with Gasteiger partial charge in [-0.3, -0.25) is 4.79 Å². The third-order valence-corrected chi connectivity index (χ3v) is 3.93. The van der Waals surface area contributed by atoms with Crippen molar-refractivity contribution in [3.63, 3.8) is 0 Å². The number of hydrogen-bond donors (Lipinski definition) is 2. The molecule has 2 rings (SSSR count). The van der Waals surface area contributed by atoms with Crippen LogP contribution >= 0.6 is 11.6 Å². The summed E-state index contributed by atoms with van der Waals surface area (Å²) in [5.74, 6) is -0.210. The molecule has 1 heterocycles. The maximum atomic E-state index is 12.0. The Morgan fingerprint density at radius 2 is 2.44 bits per heavy atom. The van der Waals surface area contributed by atoms with Crippen molar-refractivity contribution in [2.75, 3.05) is 6.61 Å². The lowest BCUT2D eigenvalue weighted by molar-refractivity contribution is 0.0826. The number of rotatable bonds is 3. The van der Waals surface area contributed by atoms with Gasteiger partial charge in [-0.15, -0.1) is 0 Å². The first-order chi connectivity index (χ1) is 8.55. The Hall–Kier alpha value is -1.13. The van der Waals surface area contributed by atoms with Crippen LogP contribution < -0.4 is 5.32 Å². The SMILES string of the molecule is CC1(CO)CCCC1NC(=O)c1ccc(Cl)cn1. The first kappa shape index (κ1) is 13.3. The molecule has 5 heteroatoms. The summed E-state index contributed by atoms with van der Waals surface area (Å²) in [6, 6.07) is 3.25. The van der Waals surface area contributed by atoms with Crippen molar-refractivity contribution in [1.82, 2.24) is 10.3 Å². The smallest absolute Gasteiger partial charge is 0.270 e. The molecular formula is C13H17ClN2O2. The van der Waals surface area contributed by atoms with E-state index in [9.17, 15) is 9.90 Å². The van der Waals surface area contributed by atoms with Crippen LogP contribution in [0.2, 0.25) is 5.02 Å². The Labute approximate surface area is 111 Å². The maximum absolute atomic E-state index is 12.0. The average molecular weight is 269 g/mol. The van der Waals surface area contributed by atoms with Gasteiger partial charge in [0.05, 0.1) is 11.6 Å². The van der Waals surface area contributed by atoms with E-state index < -0.39 is 0 Å². The molecule has 2 atom stereocenters. The lowest BCUT2D eigenvalue weighted by atomic mass is 9.86. The Bertz CT molecular complexity index is 435. The lowest BCUT2D eigenvalue weighted by Crippen LogP contribution is -2.44. The highest BCUT2D eigenvalue weighted by molar-refractivity contribution is 6.30. The number of nitrogens with zero attached hydrogens (tertiary/aromatic N) is 1. The minimum Gasteiger partial charge on any atom is -0.396 e. The number of hydrogen-bond acceptors (Lipinski definition) is 3. The molecule has 1 aromatic heterocycles. The second-order valence-corrected chi connectivity index (χ2v) is 5.53. The van der Waals surface area contributed by atoms with Gasteiger partial charge in [-0.2, -0.15) is 0 Å². The van der Waals surface area contributed by atoms with E-state index in [4.69, 9.17) is 11.6 Å². The molecule has 0 aliphatic heterocycles. The first-order valence-corrected chi connectivity index (χ1v) is 6.46. The van der Waals surface area contributed by atoms with Crippen molar-refractivity contribution >= 4 is 17.5 Å². The van der Waals surface area contributed by atoms with Gasteiger partial charge in [0, 0.05) is 17.7 Å². The van der Waals surface area contributed by atoms with E-state index in [0.29, 0.717) is 10.7 Å². The van der Waals surface area contributed by atoms with E-state index >= 15 is 0 Å². The van der Waals surface area contributed by atoms with Crippen LogP contribution in [0, 0.1) is 5.41 Å². The van der Waals surface area contributed by atoms with Crippen LogP contribution in [0.3, 0.4) is 0 Å². The van der Waals surface area contributed by atoms with Crippen LogP contribution in [-0.2, 0) is 0 Å². The molecule has 4 nitrogen and oxygen atoms in total. The number of amides is 1. The number of pyridine rings is 1. The van der Waals surface area contributed by atoms with Crippen molar-refractivity contribution in [2.24, 2.45) is 5.41 Å². The second kappa shape index (κ2) is 5.24. The van der Waals surface area contributed by atoms with Crippen LogP contribution in [0.4, 0.5) is 0 Å². The van der Waals surface area contributed by atoms with Crippen molar-refractivity contribution in [1.29, 1.82) is 0 Å². The van der Waals surface area contributed by atoms with Gasteiger partial charge >= 0.3 is 0 Å². The highest BCUT2D eigenvalue weighted by Gasteiger charge is 2.39. The molecule has 1 aliphatic carbocycles. The fraction of sp³-hybridized carbons (Fsp3) is 0.538. The molecule has 0 radical (unpaired) electrons. The van der Waals surface area contributed by atoms with Crippen LogP contribution in [0.25, 0.3) is 0 Å². The summed E-state index contributed by atoms with van der Waals surface area (Å²) in [6.45, 7) is 2.09. The van der Waals surface area contributed by atoms with Crippen molar-refractivity contribution in [2.45, 2.75) is 32.2 Å². The van der Waals surface area contributed by atoms with E-state index in [1.807, 2.05) is 6.92 Å². The summed E-state index contributed by atoms with van der Waals surface area (Å²) >= 11 is 5.73. The quantitative estimate of drug-likeness (QED) is 0.882. The molecule has 1 aliphatic rings. The van der Waals surface area contributed by atoms with E-state index in [2.05, 4.69) is 10.3 Å². The van der Waals surface area contributed by atoms with Gasteiger partial charge < -0.3 is 10.4 Å². The van der Waals surface area contributed by atoms with Crippen molar-refractivity contribution in [3.05, 3.63) is 29.0 Å². The molecular weight excluding hydrogens is 252 g/mol. The predicted octanol–water partition coefficient (Wildman–Crippen LogP) is 2.02. The number of halogens is 1. The minimum absolute atomic E-state index is 0.00692. The summed E-state index contributed by atoms with van der Waals surface area (Å²) in [5.41, 5.74) is 0.133. The van der Waals surface area contributed by atoms with Crippen LogP contribution in [0.15, 0.2) is 18.3 Å². The number of nitrogens with one attached hydrogen (secondary N) is 1. The van der Waals surface area contributed by atoms with Crippen LogP contribution in [0.1, 0.15) is 36.7 Å². The normalized spacial score (nSPS) is 27.2. The zero-order valence-electron chi connectivity index (χ0n) is 10.3. The molecule has 1 fully saturated rings. The topological polar surface area (TPSA) is 62.2 Å². The number of carbonyl (C=O) groups is 1. The number of carbonyl (C=O) groups excluding carboxylic acids is 1. The zero-order chi connectivity index (χ0) is 13.2. The van der Waals surface area contributed by atoms with E-state index in [1.165, 1.54) is 6.20 Å². The second-order valence-electron chi connectivity index (χ2n) is 5.09. The molecule has 2 N–H and O–H groups in total. The molecule has 1 saturated carbocycles. The molecule has 18 heavy (non-hydrogen) atoms. The van der Waals surface area contributed by atoms with Gasteiger partial charge in [0.15, 0.2) is 0 Å². The van der Waals surface area contributed by atoms with Crippen LogP contribution in [0.5, 0.6) is 0 Å². The number of aliphatic hydroxyl groups is 1. The third kappa shape index (κ3) is 2.65. The monoisotopic (exact) mass is 268 g/mol. The number of aliphatic hydroxyl groups excluding tert-OH is 1. The summed E-state index contributed by atoms with van der Waals surface area (Å²) in [7, 11) is 0. The van der Waals surface area contributed by atoms with Crippen molar-refractivity contribution in [3.8, 4) is 0 Å². The molecule has 0 aromatic carbocycles. The molecule has 1 aromatic rings. The lowest BCUT2D eigenvalue weighted by Gasteiger charge is -2.29. The van der Waals surface area contributed by atoms with E-state index in [-0.39, 0.29) is 24.0 Å². The highest BCUT2D eigenvalue weighted by atomic mass is 35.5. The summed E-state index contributed by atoms with van der Waals surface area (Å²) < 4.78 is 0. The number of aromatic nitrogens is 1. The van der Waals surface area contributed by atoms with E-state index in [0.717, 1.165) is 19.3 Å². The molecule has 2 unspecified atom stereocenters. The first-order valence-electron chi connectivity index (χ1n) is 6.08. The summed E-state index contributed by atoms with van der Waals surface area (Å²) in [6.07, 6.45) is 4.31. The van der Waals surface area contributed by atoms with Gasteiger partial charge in [-0.05, 0) is 25.0 Å². The van der Waals surface area contributed by atoms with Gasteiger partial charge in [0.25, 0.3) is 5.91 Å². The maximum Gasteiger partial charge on any atom is 0.270 e. The average Bonchev–Trinajstić information content (AvgIpc) is 2.72. The molecule has 1 amide bonds. The predicted molar refractivity (Wildman–Crippen MR) is 69.5 cm³/mol. The molecule has 0 spiro atoms. The molecule has 0 saturated heterocycles. The van der Waals surface area contributed by atoms with Gasteiger partial charge in [0.1, 0.15) is 5.69 Å². The Morgan fingerprint density at radius 1 is 1.67 bits per heavy atom. The van der Waals surface area contributed by atoms with Gasteiger partial charge in [0.2, 0.25) is 0 Å². The summed E-state index contributed by atoms with van der Waals surface area (Å²) in [4.78, 5) is 16.0. The Morgan fingerprint density at radius 3 is 3.06 bits per heavy atom. The van der Waals surface area contributed by atoms with Crippen LogP contribution in [-0.4, -0.2) is 28.6 Å². The summed E-state index contributed by atoms with van der Waals surface area (Å²) in [5, 5.41) is 12.9. The highest BCUT2D eigenvalue weighted by Crippen LogP contribution is 2.37.